The van der Waals surface area contributed by atoms with Crippen LogP contribution in [-0.4, -0.2) is 25.4 Å². The molecule has 150 valence electrons. The molecule has 1 atom stereocenters. The third-order valence-corrected chi connectivity index (χ3v) is 6.56. The molecule has 5 rings (SSSR count). The molecule has 8 heteroatoms. The Hall–Kier alpha value is -2.41. The predicted molar refractivity (Wildman–Crippen MR) is 119 cm³/mol. The maximum atomic E-state index is 12.8. The van der Waals surface area contributed by atoms with E-state index < -0.39 is 0 Å². The van der Waals surface area contributed by atoms with Gasteiger partial charge < -0.3 is 0 Å². The molecule has 0 bridgehead atoms. The summed E-state index contributed by atoms with van der Waals surface area (Å²) >= 11 is 13.6. The Labute approximate surface area is 187 Å². The Bertz CT molecular complexity index is 1260. The van der Waals surface area contributed by atoms with E-state index in [1.807, 2.05) is 48.5 Å². The molecular weight excluding hydrogens is 439 g/mol. The minimum absolute atomic E-state index is 0.0780. The van der Waals surface area contributed by atoms with Crippen LogP contribution in [0.3, 0.4) is 0 Å². The lowest BCUT2D eigenvalue weighted by Crippen LogP contribution is -2.21. The van der Waals surface area contributed by atoms with E-state index >= 15 is 0 Å². The van der Waals surface area contributed by atoms with E-state index in [0.717, 1.165) is 16.8 Å². The van der Waals surface area contributed by atoms with E-state index in [0.29, 0.717) is 45.1 Å². The average molecular weight is 455 g/mol. The monoisotopic (exact) mass is 454 g/mol. The molecule has 5 nitrogen and oxygen atoms in total. The second kappa shape index (κ2) is 8.02. The first-order valence-electron chi connectivity index (χ1n) is 9.47. The number of halogens is 2. The number of nitrogens with zero attached hydrogens (tertiary/aromatic N) is 4. The Balaban J connectivity index is 1.40. The van der Waals surface area contributed by atoms with Gasteiger partial charge in [0.1, 0.15) is 0 Å². The average Bonchev–Trinajstić information content (AvgIpc) is 3.13. The van der Waals surface area contributed by atoms with Crippen molar-refractivity contribution >= 4 is 46.5 Å². The highest BCUT2D eigenvalue weighted by Crippen LogP contribution is 2.32. The van der Waals surface area contributed by atoms with Gasteiger partial charge in [-0.05, 0) is 47.7 Å². The van der Waals surface area contributed by atoms with Gasteiger partial charge in [0.25, 0.3) is 5.78 Å². The molecule has 1 aliphatic rings. The third kappa shape index (κ3) is 3.95. The number of hydrogen-bond acceptors (Lipinski definition) is 5. The summed E-state index contributed by atoms with van der Waals surface area (Å²) in [4.78, 5) is 22.0. The van der Waals surface area contributed by atoms with Gasteiger partial charge in [0.05, 0.1) is 11.3 Å². The molecule has 0 saturated carbocycles. The van der Waals surface area contributed by atoms with E-state index in [1.165, 1.54) is 11.8 Å². The summed E-state index contributed by atoms with van der Waals surface area (Å²) in [6.45, 7) is 0. The van der Waals surface area contributed by atoms with Crippen molar-refractivity contribution in [3.05, 3.63) is 87.2 Å². The molecule has 0 amide bonds. The van der Waals surface area contributed by atoms with Crippen molar-refractivity contribution in [3.63, 3.8) is 0 Å². The number of hydrogen-bond donors (Lipinski definition) is 0. The van der Waals surface area contributed by atoms with Gasteiger partial charge >= 0.3 is 0 Å². The largest absolute Gasteiger partial charge is 0.294 e. The number of carbonyl (C=O) groups excluding carboxylic acids is 1. The molecular formula is C22H16Cl2N4OS. The SMILES string of the molecule is O=C1CC(c2ccc(Cl)cc2)Cc2nc3nc(SCc4cccc(Cl)c4)nn3cc21. The first-order chi connectivity index (χ1) is 14.5. The van der Waals surface area contributed by atoms with E-state index in [9.17, 15) is 4.79 Å². The molecule has 0 radical (unpaired) electrons. The van der Waals surface area contributed by atoms with Gasteiger partial charge in [-0.1, -0.05) is 59.2 Å². The van der Waals surface area contributed by atoms with Gasteiger partial charge in [0.2, 0.25) is 5.16 Å². The van der Waals surface area contributed by atoms with Gasteiger partial charge in [-0.2, -0.15) is 4.98 Å². The van der Waals surface area contributed by atoms with E-state index in [4.69, 9.17) is 23.2 Å². The number of ketones is 1. The number of thioether (sulfide) groups is 1. The van der Waals surface area contributed by atoms with Crippen molar-refractivity contribution in [2.24, 2.45) is 0 Å². The molecule has 30 heavy (non-hydrogen) atoms. The Morgan fingerprint density at radius 3 is 2.67 bits per heavy atom. The van der Waals surface area contributed by atoms with E-state index in [1.54, 1.807) is 10.7 Å². The Morgan fingerprint density at radius 1 is 1.03 bits per heavy atom. The number of rotatable bonds is 4. The summed E-state index contributed by atoms with van der Waals surface area (Å²) in [6.07, 6.45) is 2.90. The molecule has 1 aliphatic carbocycles. The molecule has 2 heterocycles. The molecule has 0 saturated heterocycles. The van der Waals surface area contributed by atoms with Crippen LogP contribution in [0, 0.1) is 0 Å². The highest BCUT2D eigenvalue weighted by atomic mass is 35.5. The Morgan fingerprint density at radius 2 is 1.87 bits per heavy atom. The van der Waals surface area contributed by atoms with E-state index in [2.05, 4.69) is 15.1 Å². The zero-order valence-electron chi connectivity index (χ0n) is 15.8. The van der Waals surface area contributed by atoms with Crippen molar-refractivity contribution in [3.8, 4) is 0 Å². The maximum absolute atomic E-state index is 12.8. The zero-order chi connectivity index (χ0) is 20.7. The van der Waals surface area contributed by atoms with Crippen LogP contribution < -0.4 is 0 Å². The molecule has 2 aromatic heterocycles. The molecule has 0 N–H and O–H groups in total. The quantitative estimate of drug-likeness (QED) is 0.373. The first-order valence-corrected chi connectivity index (χ1v) is 11.2. The van der Waals surface area contributed by atoms with Gasteiger partial charge in [0, 0.05) is 28.4 Å². The van der Waals surface area contributed by atoms with Crippen molar-refractivity contribution in [1.82, 2.24) is 19.6 Å². The van der Waals surface area contributed by atoms with Crippen LogP contribution in [0.5, 0.6) is 0 Å². The van der Waals surface area contributed by atoms with Crippen LogP contribution in [0.15, 0.2) is 59.9 Å². The molecule has 1 unspecified atom stereocenters. The van der Waals surface area contributed by atoms with Crippen LogP contribution in [0.2, 0.25) is 10.0 Å². The summed E-state index contributed by atoms with van der Waals surface area (Å²) in [5, 5.41) is 6.50. The Kier molecular flexibility index (Phi) is 5.23. The van der Waals surface area contributed by atoms with Crippen LogP contribution in [0.4, 0.5) is 0 Å². The molecule has 0 aliphatic heterocycles. The maximum Gasteiger partial charge on any atom is 0.253 e. The van der Waals surface area contributed by atoms with Crippen LogP contribution in [0.25, 0.3) is 5.78 Å². The lowest BCUT2D eigenvalue weighted by atomic mass is 9.82. The number of Topliss-reactive ketones (excluding diaryl/α,β-unsaturated/α-hetero) is 1. The van der Waals surface area contributed by atoms with Crippen molar-refractivity contribution < 1.29 is 4.79 Å². The topological polar surface area (TPSA) is 60.2 Å². The fraction of sp³-hybridized carbons (Fsp3) is 0.182. The number of fused-ring (bicyclic) bond motifs is 2. The summed E-state index contributed by atoms with van der Waals surface area (Å²) in [5.74, 6) is 1.38. The third-order valence-electron chi connectivity index (χ3n) is 5.16. The van der Waals surface area contributed by atoms with Crippen LogP contribution in [-0.2, 0) is 12.2 Å². The summed E-state index contributed by atoms with van der Waals surface area (Å²) in [7, 11) is 0. The standard InChI is InChI=1S/C22H16Cl2N4OS/c23-16-6-4-14(5-7-16)15-9-19-18(20(29)10-15)11-28-21(25-19)26-22(27-28)30-12-13-2-1-3-17(24)8-13/h1-8,11,15H,9-10,12H2. The first kappa shape index (κ1) is 19.5. The van der Waals surface area contributed by atoms with Gasteiger partial charge in [-0.25, -0.2) is 9.50 Å². The minimum Gasteiger partial charge on any atom is -0.294 e. The van der Waals surface area contributed by atoms with Gasteiger partial charge in [0.15, 0.2) is 5.78 Å². The molecule has 0 fully saturated rings. The summed E-state index contributed by atoms with van der Waals surface area (Å²) in [6, 6.07) is 15.4. The number of benzene rings is 2. The molecule has 4 aromatic rings. The van der Waals surface area contributed by atoms with Crippen molar-refractivity contribution in [2.75, 3.05) is 0 Å². The second-order valence-corrected chi connectivity index (χ2v) is 9.05. The van der Waals surface area contributed by atoms with E-state index in [-0.39, 0.29) is 11.7 Å². The fourth-order valence-corrected chi connectivity index (χ4v) is 4.78. The summed E-state index contributed by atoms with van der Waals surface area (Å²) < 4.78 is 1.60. The number of carbonyl (C=O) groups is 1. The number of aromatic nitrogens is 4. The molecule has 0 spiro atoms. The van der Waals surface area contributed by atoms with Crippen molar-refractivity contribution in [2.45, 2.75) is 29.7 Å². The lowest BCUT2D eigenvalue weighted by Gasteiger charge is -2.23. The second-order valence-electron chi connectivity index (χ2n) is 7.24. The van der Waals surface area contributed by atoms with Gasteiger partial charge in [-0.3, -0.25) is 4.79 Å². The fourth-order valence-electron chi connectivity index (χ4n) is 3.67. The minimum atomic E-state index is 0.0780. The lowest BCUT2D eigenvalue weighted by molar-refractivity contribution is 0.0962. The molecule has 2 aromatic carbocycles. The normalized spacial score (nSPS) is 16.1. The summed E-state index contributed by atoms with van der Waals surface area (Å²) in [5.41, 5.74) is 3.60. The van der Waals surface area contributed by atoms with Gasteiger partial charge in [-0.15, -0.1) is 5.10 Å². The van der Waals surface area contributed by atoms with Crippen molar-refractivity contribution in [1.29, 1.82) is 0 Å². The smallest absolute Gasteiger partial charge is 0.253 e. The highest BCUT2D eigenvalue weighted by Gasteiger charge is 2.28. The zero-order valence-corrected chi connectivity index (χ0v) is 18.1. The highest BCUT2D eigenvalue weighted by molar-refractivity contribution is 7.98. The van der Waals surface area contributed by atoms with Crippen LogP contribution in [0.1, 0.15) is 39.5 Å². The van der Waals surface area contributed by atoms with Crippen LogP contribution >= 0.6 is 35.0 Å². The predicted octanol–water partition coefficient (Wildman–Crippen LogP) is 5.64.